The van der Waals surface area contributed by atoms with Crippen LogP contribution in [0.1, 0.15) is 53.4 Å². The third-order valence-electron chi connectivity index (χ3n) is 4.01. The molecule has 0 aromatic rings. The first kappa shape index (κ1) is 19.1. The maximum Gasteiger partial charge on any atom is 0.408 e. The van der Waals surface area contributed by atoms with Crippen molar-refractivity contribution in [1.29, 1.82) is 0 Å². The summed E-state index contributed by atoms with van der Waals surface area (Å²) < 4.78 is 10.3. The molecule has 8 nitrogen and oxygen atoms in total. The second-order valence-electron chi connectivity index (χ2n) is 7.22. The highest BCUT2D eigenvalue weighted by atomic mass is 16.6. The van der Waals surface area contributed by atoms with E-state index in [0.29, 0.717) is 12.8 Å². The molecule has 25 heavy (non-hydrogen) atoms. The first-order valence-electron chi connectivity index (χ1n) is 8.57. The second-order valence-corrected chi connectivity index (χ2v) is 7.22. The zero-order chi connectivity index (χ0) is 18.8. The van der Waals surface area contributed by atoms with Crippen LogP contribution < -0.4 is 5.32 Å². The molecule has 0 aromatic heterocycles. The lowest BCUT2D eigenvalue weighted by Crippen LogP contribution is -2.71. The number of rotatable bonds is 5. The van der Waals surface area contributed by atoms with Crippen molar-refractivity contribution in [2.75, 3.05) is 6.61 Å². The highest BCUT2D eigenvalue weighted by Gasteiger charge is 2.54. The number of hydrogen-bond acceptors (Lipinski definition) is 6. The van der Waals surface area contributed by atoms with Crippen LogP contribution in [0.2, 0.25) is 0 Å². The normalized spacial score (nSPS) is 22.9. The average Bonchev–Trinajstić information content (AvgIpc) is 2.50. The van der Waals surface area contributed by atoms with Crippen molar-refractivity contribution in [2.24, 2.45) is 0 Å². The van der Waals surface area contributed by atoms with Gasteiger partial charge in [-0.1, -0.05) is 13.3 Å². The van der Waals surface area contributed by atoms with Crippen LogP contribution in [0.4, 0.5) is 4.79 Å². The monoisotopic (exact) mass is 354 g/mol. The van der Waals surface area contributed by atoms with Gasteiger partial charge in [-0.2, -0.15) is 0 Å². The van der Waals surface area contributed by atoms with Crippen molar-refractivity contribution in [3.05, 3.63) is 11.5 Å². The van der Waals surface area contributed by atoms with Gasteiger partial charge in [0, 0.05) is 6.42 Å². The lowest BCUT2D eigenvalue weighted by atomic mass is 9.86. The number of esters is 1. The molecule has 8 heteroatoms. The van der Waals surface area contributed by atoms with E-state index in [1.165, 1.54) is 4.90 Å². The quantitative estimate of drug-likeness (QED) is 0.444. The number of β-lactam (4-membered cyclic amide) rings is 1. The molecular formula is C17H26N2O6. The zero-order valence-electron chi connectivity index (χ0n) is 15.1. The van der Waals surface area contributed by atoms with E-state index in [1.54, 1.807) is 20.8 Å². The van der Waals surface area contributed by atoms with Crippen molar-refractivity contribution in [3.63, 3.8) is 0 Å². The zero-order valence-corrected chi connectivity index (χ0v) is 15.1. The summed E-state index contributed by atoms with van der Waals surface area (Å²) in [4.78, 5) is 37.7. The molecule has 2 aliphatic rings. The van der Waals surface area contributed by atoms with Gasteiger partial charge in [-0.3, -0.25) is 9.69 Å². The number of nitrogens with zero attached hydrogens (tertiary/aromatic N) is 1. The van der Waals surface area contributed by atoms with Crippen LogP contribution >= 0.6 is 0 Å². The first-order chi connectivity index (χ1) is 11.7. The SMILES string of the molecule is CCCCOC(=O)C1=C(O)CCC2C(NC(=O)OC(C)(C)C)C(=O)N12. The summed E-state index contributed by atoms with van der Waals surface area (Å²) in [7, 11) is 0. The van der Waals surface area contributed by atoms with Gasteiger partial charge in [0.25, 0.3) is 5.91 Å². The molecule has 1 fully saturated rings. The Hall–Kier alpha value is -2.25. The third-order valence-corrected chi connectivity index (χ3v) is 4.01. The lowest BCUT2D eigenvalue weighted by Gasteiger charge is -2.49. The van der Waals surface area contributed by atoms with Crippen LogP contribution in [0.25, 0.3) is 0 Å². The molecule has 2 unspecified atom stereocenters. The van der Waals surface area contributed by atoms with Crippen LogP contribution in [-0.2, 0) is 19.1 Å². The number of unbranched alkanes of at least 4 members (excludes halogenated alkanes) is 1. The number of allylic oxidation sites excluding steroid dienone is 1. The largest absolute Gasteiger partial charge is 0.510 e. The Labute approximate surface area is 147 Å². The van der Waals surface area contributed by atoms with Gasteiger partial charge in [-0.15, -0.1) is 0 Å². The van der Waals surface area contributed by atoms with Crippen molar-refractivity contribution in [2.45, 2.75) is 71.1 Å². The summed E-state index contributed by atoms with van der Waals surface area (Å²) in [6.45, 7) is 7.39. The van der Waals surface area contributed by atoms with Crippen molar-refractivity contribution in [3.8, 4) is 0 Å². The molecule has 0 radical (unpaired) electrons. The predicted molar refractivity (Wildman–Crippen MR) is 88.5 cm³/mol. The Bertz CT molecular complexity index is 592. The summed E-state index contributed by atoms with van der Waals surface area (Å²) in [6, 6.07) is -1.15. The number of ether oxygens (including phenoxy) is 2. The maximum absolute atomic E-state index is 12.4. The number of carbonyl (C=O) groups is 3. The Morgan fingerprint density at radius 2 is 2.04 bits per heavy atom. The van der Waals surface area contributed by atoms with Gasteiger partial charge in [0.15, 0.2) is 5.70 Å². The van der Waals surface area contributed by atoms with Gasteiger partial charge in [0.1, 0.15) is 17.4 Å². The van der Waals surface area contributed by atoms with E-state index in [1.807, 2.05) is 6.92 Å². The van der Waals surface area contributed by atoms with Gasteiger partial charge in [0.2, 0.25) is 0 Å². The Morgan fingerprint density at radius 3 is 2.64 bits per heavy atom. The molecule has 140 valence electrons. The third kappa shape index (κ3) is 4.24. The number of amides is 2. The fraction of sp³-hybridized carbons (Fsp3) is 0.706. The first-order valence-corrected chi connectivity index (χ1v) is 8.57. The van der Waals surface area contributed by atoms with Gasteiger partial charge >= 0.3 is 12.1 Å². The molecule has 2 aliphatic heterocycles. The Kier molecular flexibility index (Phi) is 5.59. The highest BCUT2D eigenvalue weighted by Crippen LogP contribution is 2.36. The minimum absolute atomic E-state index is 0.111. The van der Waals surface area contributed by atoms with Crippen LogP contribution in [-0.4, -0.2) is 52.3 Å². The molecule has 0 saturated carbocycles. The number of fused-ring (bicyclic) bond motifs is 1. The fourth-order valence-electron chi connectivity index (χ4n) is 2.84. The molecule has 1 saturated heterocycles. The number of nitrogens with one attached hydrogen (secondary N) is 1. The summed E-state index contributed by atoms with van der Waals surface area (Å²) in [5, 5.41) is 12.6. The minimum Gasteiger partial charge on any atom is -0.510 e. The van der Waals surface area contributed by atoms with E-state index in [-0.39, 0.29) is 30.5 Å². The van der Waals surface area contributed by atoms with Crippen molar-refractivity contribution < 1.29 is 29.0 Å². The molecule has 2 rings (SSSR count). The standard InChI is InChI=1S/C17H26N2O6/c1-5-6-9-24-15(22)13-11(20)8-7-10-12(14(21)19(10)13)18-16(23)25-17(2,3)4/h10,12,20H,5-9H2,1-4H3,(H,18,23). The van der Waals surface area contributed by atoms with E-state index in [0.717, 1.165) is 6.42 Å². The summed E-state index contributed by atoms with van der Waals surface area (Å²) in [5.41, 5.74) is -0.783. The van der Waals surface area contributed by atoms with Crippen molar-refractivity contribution >= 4 is 18.0 Å². The Balaban J connectivity index is 2.03. The molecule has 2 N–H and O–H groups in total. The molecule has 0 spiro atoms. The van der Waals surface area contributed by atoms with Gasteiger partial charge in [-0.05, 0) is 33.6 Å². The summed E-state index contributed by atoms with van der Waals surface area (Å²) in [6.07, 6.45) is 1.59. The van der Waals surface area contributed by atoms with Crippen LogP contribution in [0, 0.1) is 0 Å². The van der Waals surface area contributed by atoms with Crippen molar-refractivity contribution in [1.82, 2.24) is 10.2 Å². The molecule has 0 aromatic carbocycles. The number of hydrogen-bond donors (Lipinski definition) is 2. The van der Waals surface area contributed by atoms with Gasteiger partial charge in [-0.25, -0.2) is 9.59 Å². The second kappa shape index (κ2) is 7.33. The predicted octanol–water partition coefficient (Wildman–Crippen LogP) is 2.00. The molecule has 0 aliphatic carbocycles. The smallest absolute Gasteiger partial charge is 0.408 e. The van der Waals surface area contributed by atoms with E-state index < -0.39 is 29.6 Å². The fourth-order valence-corrected chi connectivity index (χ4v) is 2.84. The summed E-state index contributed by atoms with van der Waals surface area (Å²) >= 11 is 0. The van der Waals surface area contributed by atoms with E-state index in [9.17, 15) is 19.5 Å². The number of carbonyl (C=O) groups excluding carboxylic acids is 3. The number of aliphatic hydroxyl groups is 1. The minimum atomic E-state index is -0.763. The van der Waals surface area contributed by atoms with E-state index in [2.05, 4.69) is 5.32 Å². The molecule has 0 bridgehead atoms. The lowest BCUT2D eigenvalue weighted by molar-refractivity contribution is -0.157. The van der Waals surface area contributed by atoms with Crippen LogP contribution in [0.15, 0.2) is 11.5 Å². The highest BCUT2D eigenvalue weighted by molar-refractivity contribution is 6.01. The van der Waals surface area contributed by atoms with E-state index in [4.69, 9.17) is 9.47 Å². The Morgan fingerprint density at radius 1 is 1.36 bits per heavy atom. The summed E-state index contributed by atoms with van der Waals surface area (Å²) in [5.74, 6) is -1.31. The van der Waals surface area contributed by atoms with Gasteiger partial charge < -0.3 is 19.9 Å². The number of alkyl carbamates (subject to hydrolysis) is 1. The van der Waals surface area contributed by atoms with Crippen LogP contribution in [0.3, 0.4) is 0 Å². The molecule has 2 heterocycles. The number of aliphatic hydroxyl groups excluding tert-OH is 1. The molecular weight excluding hydrogens is 328 g/mol. The van der Waals surface area contributed by atoms with Gasteiger partial charge in [0.05, 0.1) is 12.6 Å². The molecule has 2 amide bonds. The maximum atomic E-state index is 12.4. The average molecular weight is 354 g/mol. The van der Waals surface area contributed by atoms with Crippen LogP contribution in [0.5, 0.6) is 0 Å². The molecule has 2 atom stereocenters. The van der Waals surface area contributed by atoms with E-state index >= 15 is 0 Å². The topological polar surface area (TPSA) is 105 Å².